The normalized spacial score (nSPS) is 9.37. The first kappa shape index (κ1) is 12.4. The highest BCUT2D eigenvalue weighted by Crippen LogP contribution is 2.18. The van der Waals surface area contributed by atoms with Gasteiger partial charge in [-0.05, 0) is 11.6 Å². The first-order chi connectivity index (χ1) is 9.24. The number of nitrogen functional groups attached to an aromatic ring is 1. The van der Waals surface area contributed by atoms with Gasteiger partial charge in [-0.25, -0.2) is 4.98 Å². The lowest BCUT2D eigenvalue weighted by Gasteiger charge is -2.08. The molecule has 0 radical (unpaired) electrons. The van der Waals surface area contributed by atoms with Crippen LogP contribution >= 0.6 is 0 Å². The standard InChI is InChI=1S/C14H11N5/c15-7-11-6-12(8-16)14(19-13(11)17)18-9-10-4-2-1-3-5-10/h1-6H,9H2,(H3,17,18,19). The average Bonchev–Trinajstić information content (AvgIpc) is 2.46. The van der Waals surface area contributed by atoms with E-state index >= 15 is 0 Å². The number of hydrogen-bond acceptors (Lipinski definition) is 5. The van der Waals surface area contributed by atoms with Crippen LogP contribution in [0.15, 0.2) is 36.4 Å². The third kappa shape index (κ3) is 2.80. The average molecular weight is 249 g/mol. The smallest absolute Gasteiger partial charge is 0.146 e. The third-order valence-corrected chi connectivity index (χ3v) is 2.60. The fourth-order valence-electron chi connectivity index (χ4n) is 1.62. The van der Waals surface area contributed by atoms with Gasteiger partial charge in [0, 0.05) is 6.54 Å². The van der Waals surface area contributed by atoms with Crippen molar-refractivity contribution in [2.75, 3.05) is 11.1 Å². The number of hydrogen-bond donors (Lipinski definition) is 2. The highest BCUT2D eigenvalue weighted by atomic mass is 15.0. The van der Waals surface area contributed by atoms with E-state index < -0.39 is 0 Å². The number of nitrogens with two attached hydrogens (primary N) is 1. The summed E-state index contributed by atoms with van der Waals surface area (Å²) < 4.78 is 0. The molecule has 0 bridgehead atoms. The maximum atomic E-state index is 9.05. The number of anilines is 2. The van der Waals surface area contributed by atoms with E-state index in [2.05, 4.69) is 10.3 Å². The highest BCUT2D eigenvalue weighted by Gasteiger charge is 2.09. The van der Waals surface area contributed by atoms with E-state index in [1.807, 2.05) is 42.5 Å². The highest BCUT2D eigenvalue weighted by molar-refractivity contribution is 5.62. The summed E-state index contributed by atoms with van der Waals surface area (Å²) in [6.07, 6.45) is 0. The van der Waals surface area contributed by atoms with Crippen LogP contribution in [0.25, 0.3) is 0 Å². The summed E-state index contributed by atoms with van der Waals surface area (Å²) in [5, 5.41) is 20.9. The van der Waals surface area contributed by atoms with Crippen LogP contribution in [0.1, 0.15) is 16.7 Å². The van der Waals surface area contributed by atoms with Crippen molar-refractivity contribution in [2.24, 2.45) is 0 Å². The van der Waals surface area contributed by atoms with Crippen molar-refractivity contribution in [1.82, 2.24) is 4.98 Å². The van der Waals surface area contributed by atoms with Crippen LogP contribution in [-0.2, 0) is 6.54 Å². The Balaban J connectivity index is 2.24. The molecule has 1 aromatic carbocycles. The number of pyridine rings is 1. The first-order valence-electron chi connectivity index (χ1n) is 5.63. The van der Waals surface area contributed by atoms with Crippen molar-refractivity contribution in [1.29, 1.82) is 10.5 Å². The van der Waals surface area contributed by atoms with Crippen LogP contribution in [0, 0.1) is 22.7 Å². The molecule has 0 aliphatic carbocycles. The zero-order valence-electron chi connectivity index (χ0n) is 10.1. The summed E-state index contributed by atoms with van der Waals surface area (Å²) in [6.45, 7) is 0.536. The summed E-state index contributed by atoms with van der Waals surface area (Å²) >= 11 is 0. The summed E-state index contributed by atoms with van der Waals surface area (Å²) in [5.74, 6) is 0.514. The Morgan fingerprint density at radius 2 is 1.79 bits per heavy atom. The molecule has 0 atom stereocenters. The van der Waals surface area contributed by atoms with Crippen molar-refractivity contribution in [3.63, 3.8) is 0 Å². The Kier molecular flexibility index (Phi) is 3.61. The molecule has 0 saturated heterocycles. The minimum absolute atomic E-state index is 0.122. The summed E-state index contributed by atoms with van der Waals surface area (Å²) in [4.78, 5) is 4.05. The lowest BCUT2D eigenvalue weighted by molar-refractivity contribution is 1.11. The van der Waals surface area contributed by atoms with E-state index in [0.29, 0.717) is 17.9 Å². The van der Waals surface area contributed by atoms with E-state index in [4.69, 9.17) is 16.3 Å². The Morgan fingerprint density at radius 3 is 2.42 bits per heavy atom. The second-order valence-corrected chi connectivity index (χ2v) is 3.88. The van der Waals surface area contributed by atoms with E-state index in [9.17, 15) is 0 Å². The maximum Gasteiger partial charge on any atom is 0.146 e. The molecule has 1 heterocycles. The molecule has 0 amide bonds. The second kappa shape index (κ2) is 5.52. The summed E-state index contributed by atoms with van der Waals surface area (Å²) in [7, 11) is 0. The maximum absolute atomic E-state index is 9.05. The first-order valence-corrected chi connectivity index (χ1v) is 5.63. The number of nitrogens with one attached hydrogen (secondary N) is 1. The molecule has 0 aliphatic rings. The van der Waals surface area contributed by atoms with Crippen molar-refractivity contribution >= 4 is 11.6 Å². The number of aromatic nitrogens is 1. The molecule has 0 spiro atoms. The Morgan fingerprint density at radius 1 is 1.11 bits per heavy atom. The minimum atomic E-state index is 0.122. The Bertz CT molecular complexity index is 665. The molecule has 92 valence electrons. The predicted octanol–water partition coefficient (Wildman–Crippen LogP) is 2.02. The molecule has 2 aromatic rings. The topological polar surface area (TPSA) is 98.5 Å². The summed E-state index contributed by atoms with van der Waals surface area (Å²) in [5.41, 5.74) is 7.22. The fraction of sp³-hybridized carbons (Fsp3) is 0.0714. The van der Waals surface area contributed by atoms with E-state index in [1.54, 1.807) is 0 Å². The van der Waals surface area contributed by atoms with Gasteiger partial charge in [-0.3, -0.25) is 0 Å². The van der Waals surface area contributed by atoms with Gasteiger partial charge in [-0.1, -0.05) is 30.3 Å². The molecule has 19 heavy (non-hydrogen) atoms. The molecule has 0 fully saturated rings. The fourth-order valence-corrected chi connectivity index (χ4v) is 1.62. The van der Waals surface area contributed by atoms with Crippen LogP contribution in [-0.4, -0.2) is 4.98 Å². The van der Waals surface area contributed by atoms with Gasteiger partial charge in [0.05, 0.1) is 11.1 Å². The van der Waals surface area contributed by atoms with Crippen LogP contribution in [0.2, 0.25) is 0 Å². The van der Waals surface area contributed by atoms with Crippen LogP contribution in [0.3, 0.4) is 0 Å². The van der Waals surface area contributed by atoms with Crippen molar-refractivity contribution < 1.29 is 0 Å². The van der Waals surface area contributed by atoms with Gasteiger partial charge in [0.1, 0.15) is 23.8 Å². The predicted molar refractivity (Wildman–Crippen MR) is 71.8 cm³/mol. The van der Waals surface area contributed by atoms with Crippen LogP contribution in [0.5, 0.6) is 0 Å². The zero-order valence-corrected chi connectivity index (χ0v) is 10.1. The molecular formula is C14H11N5. The number of nitriles is 2. The third-order valence-electron chi connectivity index (χ3n) is 2.60. The van der Waals surface area contributed by atoms with Crippen molar-refractivity contribution in [2.45, 2.75) is 6.54 Å². The van der Waals surface area contributed by atoms with Gasteiger partial charge in [0.15, 0.2) is 0 Å². The number of rotatable bonds is 3. The Hall–Kier alpha value is -3.05. The minimum Gasteiger partial charge on any atom is -0.383 e. The molecule has 2 rings (SSSR count). The number of benzene rings is 1. The molecule has 3 N–H and O–H groups in total. The molecule has 1 aromatic heterocycles. The lowest BCUT2D eigenvalue weighted by atomic mass is 10.2. The largest absolute Gasteiger partial charge is 0.383 e. The molecular weight excluding hydrogens is 238 g/mol. The monoisotopic (exact) mass is 249 g/mol. The van der Waals surface area contributed by atoms with E-state index in [1.165, 1.54) is 6.07 Å². The van der Waals surface area contributed by atoms with Crippen LogP contribution in [0.4, 0.5) is 11.6 Å². The van der Waals surface area contributed by atoms with Gasteiger partial charge < -0.3 is 11.1 Å². The molecule has 0 saturated carbocycles. The molecule has 0 unspecified atom stereocenters. The zero-order chi connectivity index (χ0) is 13.7. The van der Waals surface area contributed by atoms with Gasteiger partial charge in [0.25, 0.3) is 0 Å². The van der Waals surface area contributed by atoms with Gasteiger partial charge in [0.2, 0.25) is 0 Å². The lowest BCUT2D eigenvalue weighted by Crippen LogP contribution is -2.06. The molecule has 5 heteroatoms. The Labute approximate surface area is 110 Å². The van der Waals surface area contributed by atoms with Crippen LogP contribution < -0.4 is 11.1 Å². The quantitative estimate of drug-likeness (QED) is 0.867. The number of nitrogens with zero attached hydrogens (tertiary/aromatic N) is 3. The van der Waals surface area contributed by atoms with Crippen molar-refractivity contribution in [3.8, 4) is 12.1 Å². The summed E-state index contributed by atoms with van der Waals surface area (Å²) in [6, 6.07) is 15.1. The second-order valence-electron chi connectivity index (χ2n) is 3.88. The van der Waals surface area contributed by atoms with E-state index in [-0.39, 0.29) is 11.4 Å². The SMILES string of the molecule is N#Cc1cc(C#N)c(NCc2ccccc2)nc1N. The molecule has 0 aliphatic heterocycles. The van der Waals surface area contributed by atoms with Crippen molar-refractivity contribution in [3.05, 3.63) is 53.1 Å². The molecule has 5 nitrogen and oxygen atoms in total. The van der Waals surface area contributed by atoms with Gasteiger partial charge >= 0.3 is 0 Å². The van der Waals surface area contributed by atoms with Gasteiger partial charge in [-0.15, -0.1) is 0 Å². The van der Waals surface area contributed by atoms with E-state index in [0.717, 1.165) is 5.56 Å². The van der Waals surface area contributed by atoms with Gasteiger partial charge in [-0.2, -0.15) is 10.5 Å².